The number of alkyl carbamates (subject to hydrolysis) is 1. The highest BCUT2D eigenvalue weighted by Gasteiger charge is 2.15. The molecule has 0 bridgehead atoms. The first-order chi connectivity index (χ1) is 10.9. The van der Waals surface area contributed by atoms with E-state index in [1.807, 2.05) is 20.8 Å². The molecule has 0 aromatic carbocycles. The van der Waals surface area contributed by atoms with Gasteiger partial charge in [-0.25, -0.2) is 4.79 Å². The number of amides is 1. The van der Waals surface area contributed by atoms with Crippen LogP contribution in [0, 0.1) is 0 Å². The lowest BCUT2D eigenvalue weighted by molar-refractivity contribution is 0.0527. The van der Waals surface area contributed by atoms with Crippen molar-refractivity contribution in [1.82, 2.24) is 16.0 Å². The molecule has 1 aromatic rings. The molecule has 0 saturated heterocycles. The minimum Gasteiger partial charge on any atom is -0.444 e. The number of hydrogen-bond acceptors (Lipinski definition) is 4. The zero-order valence-electron chi connectivity index (χ0n) is 14.4. The molecule has 0 radical (unpaired) electrons. The van der Waals surface area contributed by atoms with Crippen LogP contribution in [-0.2, 0) is 11.2 Å². The summed E-state index contributed by atoms with van der Waals surface area (Å²) >= 11 is 1.76. The maximum absolute atomic E-state index is 11.5. The molecular weight excluding hydrogens is 312 g/mol. The fourth-order valence-electron chi connectivity index (χ4n) is 1.78. The van der Waals surface area contributed by atoms with Crippen molar-refractivity contribution in [3.8, 4) is 0 Å². The van der Waals surface area contributed by atoms with E-state index in [1.54, 1.807) is 18.4 Å². The predicted octanol–water partition coefficient (Wildman–Crippen LogP) is 2.37. The molecule has 1 amide bonds. The summed E-state index contributed by atoms with van der Waals surface area (Å²) in [5.41, 5.74) is -0.461. The van der Waals surface area contributed by atoms with Gasteiger partial charge in [0.2, 0.25) is 0 Å². The summed E-state index contributed by atoms with van der Waals surface area (Å²) < 4.78 is 5.17. The van der Waals surface area contributed by atoms with E-state index in [0.29, 0.717) is 6.54 Å². The normalized spacial score (nSPS) is 11.9. The number of hydrogen-bond donors (Lipinski definition) is 3. The van der Waals surface area contributed by atoms with Crippen LogP contribution in [0.1, 0.15) is 32.1 Å². The van der Waals surface area contributed by atoms with Crippen LogP contribution in [0.25, 0.3) is 0 Å². The van der Waals surface area contributed by atoms with E-state index < -0.39 is 5.60 Å². The molecule has 7 heteroatoms. The molecule has 0 aliphatic carbocycles. The average Bonchev–Trinajstić information content (AvgIpc) is 2.96. The maximum Gasteiger partial charge on any atom is 0.407 e. The Kier molecular flexibility index (Phi) is 8.47. The topological polar surface area (TPSA) is 74.8 Å². The molecule has 23 heavy (non-hydrogen) atoms. The molecule has 0 aliphatic rings. The predicted molar refractivity (Wildman–Crippen MR) is 96.2 cm³/mol. The number of rotatable bonds is 7. The van der Waals surface area contributed by atoms with Crippen LogP contribution in [-0.4, -0.2) is 44.3 Å². The number of thiophene rings is 1. The van der Waals surface area contributed by atoms with Gasteiger partial charge in [0.05, 0.1) is 0 Å². The van der Waals surface area contributed by atoms with Gasteiger partial charge in [-0.3, -0.25) is 4.99 Å². The van der Waals surface area contributed by atoms with Crippen LogP contribution in [0.4, 0.5) is 4.79 Å². The Morgan fingerprint density at radius 1 is 1.22 bits per heavy atom. The van der Waals surface area contributed by atoms with E-state index in [4.69, 9.17) is 4.74 Å². The Morgan fingerprint density at radius 2 is 1.91 bits per heavy atom. The standard InChI is InChI=1S/C16H28N4O2S/c1-16(2,3)22-15(21)20-10-6-9-18-14(17-4)19-11-8-13-7-5-12-23-13/h5,7,12H,6,8-11H2,1-4H3,(H,20,21)(H2,17,18,19). The minimum absolute atomic E-state index is 0.379. The summed E-state index contributed by atoms with van der Waals surface area (Å²) in [7, 11) is 1.75. The first-order valence-electron chi connectivity index (χ1n) is 7.84. The van der Waals surface area contributed by atoms with Gasteiger partial charge in [-0.15, -0.1) is 11.3 Å². The Hall–Kier alpha value is -1.76. The molecule has 6 nitrogen and oxygen atoms in total. The number of ether oxygens (including phenoxy) is 1. The number of carbonyl (C=O) groups is 1. The zero-order chi connectivity index (χ0) is 17.1. The minimum atomic E-state index is -0.461. The third-order valence-electron chi connectivity index (χ3n) is 2.78. The van der Waals surface area contributed by atoms with Crippen molar-refractivity contribution in [3.05, 3.63) is 22.4 Å². The second kappa shape index (κ2) is 10.1. The monoisotopic (exact) mass is 340 g/mol. The molecule has 0 fully saturated rings. The zero-order valence-corrected chi connectivity index (χ0v) is 15.3. The maximum atomic E-state index is 11.5. The van der Waals surface area contributed by atoms with Crippen molar-refractivity contribution in [2.45, 2.75) is 39.2 Å². The molecule has 1 aromatic heterocycles. The lowest BCUT2D eigenvalue weighted by Crippen LogP contribution is -2.40. The molecule has 0 unspecified atom stereocenters. The Balaban J connectivity index is 2.07. The Labute approximate surface area is 142 Å². The summed E-state index contributed by atoms with van der Waals surface area (Å²) in [5.74, 6) is 0.777. The first-order valence-corrected chi connectivity index (χ1v) is 8.72. The molecular formula is C16H28N4O2S. The fourth-order valence-corrected chi connectivity index (χ4v) is 2.49. The van der Waals surface area contributed by atoms with Gasteiger partial charge in [0.1, 0.15) is 5.60 Å². The van der Waals surface area contributed by atoms with E-state index in [9.17, 15) is 4.79 Å². The molecule has 0 saturated carbocycles. The van der Waals surface area contributed by atoms with E-state index >= 15 is 0 Å². The number of nitrogens with zero attached hydrogens (tertiary/aromatic N) is 1. The number of carbonyl (C=O) groups excluding carboxylic acids is 1. The second-order valence-corrected chi connectivity index (χ2v) is 7.07. The molecule has 1 heterocycles. The lowest BCUT2D eigenvalue weighted by atomic mass is 10.2. The SMILES string of the molecule is CN=C(NCCCNC(=O)OC(C)(C)C)NCCc1cccs1. The Bertz CT molecular complexity index is 481. The van der Waals surface area contributed by atoms with Crippen molar-refractivity contribution in [3.63, 3.8) is 0 Å². The first kappa shape index (κ1) is 19.3. The van der Waals surface area contributed by atoms with Crippen molar-refractivity contribution < 1.29 is 9.53 Å². The lowest BCUT2D eigenvalue weighted by Gasteiger charge is -2.19. The number of aliphatic imine (C=N–C) groups is 1. The van der Waals surface area contributed by atoms with Gasteiger partial charge in [0.15, 0.2) is 5.96 Å². The van der Waals surface area contributed by atoms with Gasteiger partial charge in [0, 0.05) is 31.6 Å². The number of nitrogens with one attached hydrogen (secondary N) is 3. The molecule has 3 N–H and O–H groups in total. The molecule has 0 atom stereocenters. The summed E-state index contributed by atoms with van der Waals surface area (Å²) in [6.07, 6.45) is 1.40. The van der Waals surface area contributed by atoms with Gasteiger partial charge in [-0.1, -0.05) is 6.07 Å². The van der Waals surface area contributed by atoms with Crippen molar-refractivity contribution in [2.24, 2.45) is 4.99 Å². The van der Waals surface area contributed by atoms with Crippen LogP contribution in [0.3, 0.4) is 0 Å². The van der Waals surface area contributed by atoms with E-state index in [1.165, 1.54) is 4.88 Å². The van der Waals surface area contributed by atoms with Crippen LogP contribution in [0.15, 0.2) is 22.5 Å². The number of guanidine groups is 1. The van der Waals surface area contributed by atoms with Gasteiger partial charge in [-0.05, 0) is 45.1 Å². The van der Waals surface area contributed by atoms with Crippen LogP contribution in [0.2, 0.25) is 0 Å². The third kappa shape index (κ3) is 9.78. The largest absolute Gasteiger partial charge is 0.444 e. The van der Waals surface area contributed by atoms with E-state index in [0.717, 1.165) is 31.9 Å². The van der Waals surface area contributed by atoms with E-state index in [2.05, 4.69) is 38.5 Å². The highest BCUT2D eigenvalue weighted by atomic mass is 32.1. The summed E-state index contributed by atoms with van der Waals surface area (Å²) in [5, 5.41) is 11.3. The highest BCUT2D eigenvalue weighted by molar-refractivity contribution is 7.09. The van der Waals surface area contributed by atoms with Crippen molar-refractivity contribution in [2.75, 3.05) is 26.7 Å². The molecule has 0 aliphatic heterocycles. The Morgan fingerprint density at radius 3 is 2.52 bits per heavy atom. The van der Waals surface area contributed by atoms with E-state index in [-0.39, 0.29) is 6.09 Å². The van der Waals surface area contributed by atoms with Crippen molar-refractivity contribution >= 4 is 23.4 Å². The quantitative estimate of drug-likeness (QED) is 0.405. The molecule has 130 valence electrons. The van der Waals surface area contributed by atoms with Gasteiger partial charge >= 0.3 is 6.09 Å². The van der Waals surface area contributed by atoms with Gasteiger partial charge < -0.3 is 20.7 Å². The van der Waals surface area contributed by atoms with Gasteiger partial charge in [0.25, 0.3) is 0 Å². The van der Waals surface area contributed by atoms with Crippen LogP contribution in [0.5, 0.6) is 0 Å². The second-order valence-electron chi connectivity index (χ2n) is 6.04. The van der Waals surface area contributed by atoms with Crippen LogP contribution < -0.4 is 16.0 Å². The average molecular weight is 340 g/mol. The summed E-state index contributed by atoms with van der Waals surface area (Å²) in [6.45, 7) is 7.68. The summed E-state index contributed by atoms with van der Waals surface area (Å²) in [6, 6.07) is 4.19. The van der Waals surface area contributed by atoms with Crippen LogP contribution >= 0.6 is 11.3 Å². The van der Waals surface area contributed by atoms with Crippen molar-refractivity contribution in [1.29, 1.82) is 0 Å². The highest BCUT2D eigenvalue weighted by Crippen LogP contribution is 2.08. The molecule has 1 rings (SSSR count). The van der Waals surface area contributed by atoms with Gasteiger partial charge in [-0.2, -0.15) is 0 Å². The third-order valence-corrected chi connectivity index (χ3v) is 3.72. The fraction of sp³-hybridized carbons (Fsp3) is 0.625. The summed E-state index contributed by atoms with van der Waals surface area (Å²) in [4.78, 5) is 17.0. The molecule has 0 spiro atoms. The smallest absolute Gasteiger partial charge is 0.407 e.